The summed E-state index contributed by atoms with van der Waals surface area (Å²) in [4.78, 5) is 15.0. The lowest BCUT2D eigenvalue weighted by Crippen LogP contribution is -2.34. The van der Waals surface area contributed by atoms with Crippen molar-refractivity contribution in [3.63, 3.8) is 0 Å². The van der Waals surface area contributed by atoms with Crippen molar-refractivity contribution in [1.82, 2.24) is 0 Å². The molecule has 0 N–H and O–H groups in total. The molecule has 2 atom stereocenters. The number of carbonyl (C=O) groups excluding carboxylic acids is 1. The fourth-order valence-corrected chi connectivity index (χ4v) is 4.23. The van der Waals surface area contributed by atoms with Gasteiger partial charge in [-0.05, 0) is 35.7 Å². The Hall–Kier alpha value is -1.32. The van der Waals surface area contributed by atoms with E-state index in [0.717, 1.165) is 22.5 Å². The number of halogens is 2. The van der Waals surface area contributed by atoms with Gasteiger partial charge >= 0.3 is 0 Å². The van der Waals surface area contributed by atoms with Gasteiger partial charge in [0.1, 0.15) is 0 Å². The van der Waals surface area contributed by atoms with Crippen LogP contribution in [0.4, 0.5) is 5.69 Å². The molecule has 1 spiro atoms. The Bertz CT molecular complexity index is 745. The number of nitrogens with zero attached hydrogens (tertiary/aromatic N) is 1. The van der Waals surface area contributed by atoms with Crippen LogP contribution in [0.2, 0.25) is 5.02 Å². The number of fused-ring (bicyclic) bond motifs is 2. The van der Waals surface area contributed by atoms with Crippen LogP contribution in [0.1, 0.15) is 23.5 Å². The topological polar surface area (TPSA) is 20.3 Å². The minimum atomic E-state index is -0.355. The predicted octanol–water partition coefficient (Wildman–Crippen LogP) is 4.51. The SMILES string of the molecule is O=C1N(CCBr)c2ccccc2[C@@]12C[C@@H]2c1ccc(Cl)cc1. The van der Waals surface area contributed by atoms with E-state index in [1.807, 2.05) is 41.3 Å². The summed E-state index contributed by atoms with van der Waals surface area (Å²) in [6.45, 7) is 0.713. The second-order valence-corrected chi connectivity index (χ2v) is 7.17. The first-order valence-corrected chi connectivity index (χ1v) is 8.91. The fraction of sp³-hybridized carbons (Fsp3) is 0.278. The summed E-state index contributed by atoms with van der Waals surface area (Å²) in [6.07, 6.45) is 0.892. The minimum Gasteiger partial charge on any atom is -0.310 e. The van der Waals surface area contributed by atoms with E-state index < -0.39 is 0 Å². The molecule has 2 nitrogen and oxygen atoms in total. The Labute approximate surface area is 143 Å². The van der Waals surface area contributed by atoms with E-state index in [1.165, 1.54) is 11.1 Å². The molecule has 1 amide bonds. The molecule has 112 valence electrons. The predicted molar refractivity (Wildman–Crippen MR) is 93.1 cm³/mol. The quantitative estimate of drug-likeness (QED) is 0.722. The van der Waals surface area contributed by atoms with Crippen molar-refractivity contribution >= 4 is 39.1 Å². The molecule has 4 rings (SSSR count). The number of benzene rings is 2. The lowest BCUT2D eigenvalue weighted by Gasteiger charge is -2.16. The van der Waals surface area contributed by atoms with Gasteiger partial charge in [0.25, 0.3) is 0 Å². The van der Waals surface area contributed by atoms with Crippen LogP contribution in [-0.4, -0.2) is 17.8 Å². The summed E-state index contributed by atoms with van der Waals surface area (Å²) in [5.74, 6) is 0.506. The van der Waals surface area contributed by atoms with Gasteiger partial charge in [0, 0.05) is 28.5 Å². The van der Waals surface area contributed by atoms with Crippen molar-refractivity contribution in [3.8, 4) is 0 Å². The molecule has 1 heterocycles. The second kappa shape index (κ2) is 5.10. The van der Waals surface area contributed by atoms with E-state index in [-0.39, 0.29) is 17.2 Å². The zero-order valence-electron chi connectivity index (χ0n) is 11.9. The number of amides is 1. The van der Waals surface area contributed by atoms with Crippen molar-refractivity contribution in [2.24, 2.45) is 0 Å². The van der Waals surface area contributed by atoms with Gasteiger partial charge in [-0.1, -0.05) is 57.9 Å². The van der Waals surface area contributed by atoms with E-state index in [0.29, 0.717) is 6.54 Å². The van der Waals surface area contributed by atoms with Crippen molar-refractivity contribution in [2.45, 2.75) is 17.8 Å². The van der Waals surface area contributed by atoms with Crippen molar-refractivity contribution < 1.29 is 4.79 Å². The first-order valence-electron chi connectivity index (χ1n) is 7.41. The molecule has 2 aliphatic rings. The van der Waals surface area contributed by atoms with Crippen molar-refractivity contribution in [3.05, 3.63) is 64.7 Å². The molecular weight excluding hydrogens is 362 g/mol. The Morgan fingerprint density at radius 3 is 2.64 bits per heavy atom. The fourth-order valence-electron chi connectivity index (χ4n) is 3.75. The summed E-state index contributed by atoms with van der Waals surface area (Å²) in [5.41, 5.74) is 3.10. The normalized spacial score (nSPS) is 25.6. The Morgan fingerprint density at radius 1 is 1.18 bits per heavy atom. The summed E-state index contributed by atoms with van der Waals surface area (Å²) in [5, 5.41) is 1.52. The molecule has 0 aromatic heterocycles. The summed E-state index contributed by atoms with van der Waals surface area (Å²) < 4.78 is 0. The average molecular weight is 377 g/mol. The molecule has 4 heteroatoms. The number of rotatable bonds is 3. The van der Waals surface area contributed by atoms with Gasteiger partial charge in [0.2, 0.25) is 5.91 Å². The van der Waals surface area contributed by atoms with Crippen LogP contribution in [0, 0.1) is 0 Å². The third kappa shape index (κ3) is 1.88. The van der Waals surface area contributed by atoms with Crippen LogP contribution in [0.25, 0.3) is 0 Å². The molecular formula is C18H15BrClNO. The van der Waals surface area contributed by atoms with E-state index in [1.54, 1.807) is 0 Å². The highest BCUT2D eigenvalue weighted by atomic mass is 79.9. The minimum absolute atomic E-state index is 0.244. The van der Waals surface area contributed by atoms with Gasteiger partial charge in [-0.3, -0.25) is 4.79 Å². The second-order valence-electron chi connectivity index (χ2n) is 5.94. The summed E-state index contributed by atoms with van der Waals surface area (Å²) in [6, 6.07) is 16.1. The van der Waals surface area contributed by atoms with E-state index in [4.69, 9.17) is 11.6 Å². The number of hydrogen-bond acceptors (Lipinski definition) is 1. The van der Waals surface area contributed by atoms with Crippen LogP contribution in [0.3, 0.4) is 0 Å². The molecule has 22 heavy (non-hydrogen) atoms. The molecule has 0 saturated heterocycles. The summed E-state index contributed by atoms with van der Waals surface area (Å²) in [7, 11) is 0. The molecule has 0 radical (unpaired) electrons. The maximum atomic E-state index is 13.1. The number of hydrogen-bond donors (Lipinski definition) is 0. The van der Waals surface area contributed by atoms with Crippen molar-refractivity contribution in [2.75, 3.05) is 16.8 Å². The summed E-state index contributed by atoms with van der Waals surface area (Å²) >= 11 is 9.44. The van der Waals surface area contributed by atoms with Gasteiger partial charge in [0.05, 0.1) is 5.41 Å². The lowest BCUT2D eigenvalue weighted by atomic mass is 9.92. The Morgan fingerprint density at radius 2 is 1.91 bits per heavy atom. The first-order chi connectivity index (χ1) is 10.7. The average Bonchev–Trinajstić information content (AvgIpc) is 3.24. The molecule has 1 aliphatic heterocycles. The number of alkyl halides is 1. The third-order valence-corrected chi connectivity index (χ3v) is 5.45. The molecule has 2 aromatic rings. The Balaban J connectivity index is 1.77. The van der Waals surface area contributed by atoms with Crippen LogP contribution in [-0.2, 0) is 10.2 Å². The molecule has 1 aliphatic carbocycles. The van der Waals surface area contributed by atoms with Crippen molar-refractivity contribution in [1.29, 1.82) is 0 Å². The maximum Gasteiger partial charge on any atom is 0.238 e. The third-order valence-electron chi connectivity index (χ3n) is 4.84. The van der Waals surface area contributed by atoms with Crippen LogP contribution < -0.4 is 4.90 Å². The maximum absolute atomic E-state index is 13.1. The monoisotopic (exact) mass is 375 g/mol. The van der Waals surface area contributed by atoms with Crippen LogP contribution in [0.5, 0.6) is 0 Å². The van der Waals surface area contributed by atoms with Crippen LogP contribution >= 0.6 is 27.5 Å². The largest absolute Gasteiger partial charge is 0.310 e. The lowest BCUT2D eigenvalue weighted by molar-refractivity contribution is -0.120. The van der Waals surface area contributed by atoms with Gasteiger partial charge < -0.3 is 4.90 Å². The molecule has 1 fully saturated rings. The Kier molecular flexibility index (Phi) is 3.31. The zero-order valence-corrected chi connectivity index (χ0v) is 14.3. The molecule has 0 bridgehead atoms. The molecule has 1 saturated carbocycles. The smallest absolute Gasteiger partial charge is 0.238 e. The van der Waals surface area contributed by atoms with Crippen LogP contribution in [0.15, 0.2) is 48.5 Å². The first kappa shape index (κ1) is 14.3. The zero-order chi connectivity index (χ0) is 15.3. The van der Waals surface area contributed by atoms with E-state index >= 15 is 0 Å². The standard InChI is InChI=1S/C18H15BrClNO/c19-9-10-21-16-4-2-1-3-14(16)18(17(21)22)11-15(18)12-5-7-13(20)8-6-12/h1-8,15H,9-11H2/t15-,18-/m1/s1. The number of anilines is 1. The van der Waals surface area contributed by atoms with E-state index in [2.05, 4.69) is 28.1 Å². The number of para-hydroxylation sites is 1. The van der Waals surface area contributed by atoms with Gasteiger partial charge in [-0.2, -0.15) is 0 Å². The number of carbonyl (C=O) groups is 1. The molecule has 0 unspecified atom stereocenters. The van der Waals surface area contributed by atoms with Gasteiger partial charge in [-0.25, -0.2) is 0 Å². The molecule has 2 aromatic carbocycles. The van der Waals surface area contributed by atoms with Gasteiger partial charge in [0.15, 0.2) is 0 Å². The highest BCUT2D eigenvalue weighted by Gasteiger charge is 2.66. The van der Waals surface area contributed by atoms with Gasteiger partial charge in [-0.15, -0.1) is 0 Å². The highest BCUT2D eigenvalue weighted by molar-refractivity contribution is 9.09. The highest BCUT2D eigenvalue weighted by Crippen LogP contribution is 2.66. The van der Waals surface area contributed by atoms with E-state index in [9.17, 15) is 4.79 Å².